The SMILES string of the molecule is c1cnc(N[C@H]2CCCNC2)c(-c2cnc3cc[nH]c3n2)c1. The van der Waals surface area contributed by atoms with Gasteiger partial charge >= 0.3 is 0 Å². The van der Waals surface area contributed by atoms with Gasteiger partial charge in [0.15, 0.2) is 5.65 Å². The van der Waals surface area contributed by atoms with Gasteiger partial charge in [-0.3, -0.25) is 4.98 Å². The second-order valence-electron chi connectivity index (χ2n) is 5.55. The molecule has 6 nitrogen and oxygen atoms in total. The highest BCUT2D eigenvalue weighted by Gasteiger charge is 2.16. The van der Waals surface area contributed by atoms with Gasteiger partial charge in [-0.25, -0.2) is 9.97 Å². The number of pyridine rings is 1. The lowest BCUT2D eigenvalue weighted by atomic mass is 10.1. The van der Waals surface area contributed by atoms with Crippen molar-refractivity contribution in [3.05, 3.63) is 36.8 Å². The molecule has 0 saturated carbocycles. The molecule has 6 heteroatoms. The van der Waals surface area contributed by atoms with Crippen LogP contribution in [0.5, 0.6) is 0 Å². The molecule has 3 aromatic heterocycles. The van der Waals surface area contributed by atoms with Gasteiger partial charge in [0.25, 0.3) is 0 Å². The number of nitrogens with zero attached hydrogens (tertiary/aromatic N) is 3. The maximum atomic E-state index is 4.65. The summed E-state index contributed by atoms with van der Waals surface area (Å²) in [5, 5.41) is 6.95. The summed E-state index contributed by atoms with van der Waals surface area (Å²) in [5.41, 5.74) is 3.48. The molecule has 22 heavy (non-hydrogen) atoms. The van der Waals surface area contributed by atoms with Crippen LogP contribution < -0.4 is 10.6 Å². The highest BCUT2D eigenvalue weighted by molar-refractivity contribution is 5.78. The Morgan fingerprint density at radius 3 is 3.14 bits per heavy atom. The Morgan fingerprint density at radius 2 is 2.23 bits per heavy atom. The largest absolute Gasteiger partial charge is 0.366 e. The van der Waals surface area contributed by atoms with Crippen LogP contribution in [0, 0.1) is 0 Å². The molecule has 0 aliphatic carbocycles. The number of piperidine rings is 1. The van der Waals surface area contributed by atoms with Gasteiger partial charge in [0.1, 0.15) is 11.3 Å². The number of rotatable bonds is 3. The van der Waals surface area contributed by atoms with Gasteiger partial charge in [-0.1, -0.05) is 0 Å². The first-order valence-corrected chi connectivity index (χ1v) is 7.63. The first kappa shape index (κ1) is 13.2. The number of hydrogen-bond donors (Lipinski definition) is 3. The van der Waals surface area contributed by atoms with Crippen molar-refractivity contribution >= 4 is 17.0 Å². The number of nitrogens with one attached hydrogen (secondary N) is 3. The van der Waals surface area contributed by atoms with Crippen molar-refractivity contribution < 1.29 is 0 Å². The zero-order chi connectivity index (χ0) is 14.8. The summed E-state index contributed by atoms with van der Waals surface area (Å²) in [6.45, 7) is 2.07. The van der Waals surface area contributed by atoms with Crippen LogP contribution in [0.1, 0.15) is 12.8 Å². The van der Waals surface area contributed by atoms with E-state index in [-0.39, 0.29) is 0 Å². The fraction of sp³-hybridized carbons (Fsp3) is 0.312. The Bertz CT molecular complexity index is 775. The lowest BCUT2D eigenvalue weighted by Crippen LogP contribution is -2.38. The van der Waals surface area contributed by atoms with Crippen molar-refractivity contribution in [1.29, 1.82) is 0 Å². The van der Waals surface area contributed by atoms with Crippen LogP contribution in [0.3, 0.4) is 0 Å². The third-order valence-electron chi connectivity index (χ3n) is 3.98. The van der Waals surface area contributed by atoms with E-state index in [1.807, 2.05) is 30.6 Å². The van der Waals surface area contributed by atoms with Gasteiger partial charge in [0.2, 0.25) is 0 Å². The van der Waals surface area contributed by atoms with Crippen molar-refractivity contribution in [2.24, 2.45) is 0 Å². The molecule has 0 spiro atoms. The number of aromatic amines is 1. The van der Waals surface area contributed by atoms with E-state index in [2.05, 4.69) is 30.6 Å². The molecule has 3 N–H and O–H groups in total. The molecular formula is C16H18N6. The molecule has 1 saturated heterocycles. The molecule has 0 radical (unpaired) electrons. The molecule has 0 aromatic carbocycles. The minimum absolute atomic E-state index is 0.407. The molecule has 4 rings (SSSR count). The van der Waals surface area contributed by atoms with E-state index in [4.69, 9.17) is 0 Å². The summed E-state index contributed by atoms with van der Waals surface area (Å²) in [7, 11) is 0. The normalized spacial score (nSPS) is 18.5. The molecule has 3 aromatic rings. The van der Waals surface area contributed by atoms with E-state index in [0.717, 1.165) is 47.7 Å². The summed E-state index contributed by atoms with van der Waals surface area (Å²) < 4.78 is 0. The van der Waals surface area contributed by atoms with Crippen molar-refractivity contribution in [2.75, 3.05) is 18.4 Å². The molecule has 0 amide bonds. The van der Waals surface area contributed by atoms with Crippen LogP contribution in [0.15, 0.2) is 36.8 Å². The van der Waals surface area contributed by atoms with Gasteiger partial charge in [-0.2, -0.15) is 0 Å². The van der Waals surface area contributed by atoms with Crippen molar-refractivity contribution in [3.63, 3.8) is 0 Å². The quantitative estimate of drug-likeness (QED) is 0.690. The predicted octanol–water partition coefficient (Wildman–Crippen LogP) is 2.18. The van der Waals surface area contributed by atoms with Gasteiger partial charge in [0, 0.05) is 30.5 Å². The average Bonchev–Trinajstić information content (AvgIpc) is 3.04. The Balaban J connectivity index is 1.68. The Hall–Kier alpha value is -2.47. The van der Waals surface area contributed by atoms with Gasteiger partial charge in [-0.15, -0.1) is 0 Å². The minimum atomic E-state index is 0.407. The molecule has 0 unspecified atom stereocenters. The lowest BCUT2D eigenvalue weighted by molar-refractivity contribution is 0.479. The average molecular weight is 294 g/mol. The Kier molecular flexibility index (Phi) is 3.44. The van der Waals surface area contributed by atoms with Crippen LogP contribution in [0.25, 0.3) is 22.4 Å². The van der Waals surface area contributed by atoms with Crippen LogP contribution in [-0.2, 0) is 0 Å². The number of anilines is 1. The van der Waals surface area contributed by atoms with E-state index in [9.17, 15) is 0 Å². The van der Waals surface area contributed by atoms with E-state index >= 15 is 0 Å². The Labute approximate surface area is 128 Å². The number of H-pyrrole nitrogens is 1. The van der Waals surface area contributed by atoms with Crippen molar-refractivity contribution in [3.8, 4) is 11.3 Å². The zero-order valence-electron chi connectivity index (χ0n) is 12.2. The van der Waals surface area contributed by atoms with E-state index in [1.165, 1.54) is 6.42 Å². The standard InChI is InChI=1S/C16H18N6/c1-3-11(9-17-6-1)21-15-12(4-2-7-18-15)14-10-20-13-5-8-19-16(13)22-14/h2,4-5,7-8,10-11,17H,1,3,6,9H2,(H,18,21)(H,19,22)/t11-/m0/s1. The van der Waals surface area contributed by atoms with Gasteiger partial charge in [-0.05, 0) is 37.6 Å². The lowest BCUT2D eigenvalue weighted by Gasteiger charge is -2.25. The summed E-state index contributed by atoms with van der Waals surface area (Å²) >= 11 is 0. The molecule has 1 fully saturated rings. The highest BCUT2D eigenvalue weighted by Crippen LogP contribution is 2.26. The zero-order valence-corrected chi connectivity index (χ0v) is 12.2. The first-order chi connectivity index (χ1) is 10.9. The van der Waals surface area contributed by atoms with Crippen LogP contribution in [-0.4, -0.2) is 39.1 Å². The molecule has 0 bridgehead atoms. The summed E-state index contributed by atoms with van der Waals surface area (Å²) in [6.07, 6.45) is 7.81. The molecular weight excluding hydrogens is 276 g/mol. The fourth-order valence-electron chi connectivity index (χ4n) is 2.85. The monoisotopic (exact) mass is 294 g/mol. The number of fused-ring (bicyclic) bond motifs is 1. The maximum Gasteiger partial charge on any atom is 0.156 e. The molecule has 1 aliphatic heterocycles. The van der Waals surface area contributed by atoms with Crippen molar-refractivity contribution in [1.82, 2.24) is 25.3 Å². The third kappa shape index (κ3) is 2.53. The first-order valence-electron chi connectivity index (χ1n) is 7.63. The molecule has 1 aliphatic rings. The molecule has 4 heterocycles. The summed E-state index contributed by atoms with van der Waals surface area (Å²) in [4.78, 5) is 16.7. The Morgan fingerprint density at radius 1 is 1.23 bits per heavy atom. The summed E-state index contributed by atoms with van der Waals surface area (Å²) in [6, 6.07) is 6.29. The molecule has 112 valence electrons. The van der Waals surface area contributed by atoms with Crippen LogP contribution >= 0.6 is 0 Å². The minimum Gasteiger partial charge on any atom is -0.366 e. The summed E-state index contributed by atoms with van der Waals surface area (Å²) in [5.74, 6) is 0.872. The topological polar surface area (TPSA) is 78.5 Å². The van der Waals surface area contributed by atoms with Crippen molar-refractivity contribution in [2.45, 2.75) is 18.9 Å². The van der Waals surface area contributed by atoms with E-state index < -0.39 is 0 Å². The smallest absolute Gasteiger partial charge is 0.156 e. The van der Waals surface area contributed by atoms with E-state index in [0.29, 0.717) is 6.04 Å². The van der Waals surface area contributed by atoms with Crippen LogP contribution in [0.2, 0.25) is 0 Å². The highest BCUT2D eigenvalue weighted by atomic mass is 15.1. The van der Waals surface area contributed by atoms with Gasteiger partial charge < -0.3 is 15.6 Å². The number of aromatic nitrogens is 4. The van der Waals surface area contributed by atoms with Crippen LogP contribution in [0.4, 0.5) is 5.82 Å². The third-order valence-corrected chi connectivity index (χ3v) is 3.98. The fourth-order valence-corrected chi connectivity index (χ4v) is 2.85. The second kappa shape index (κ2) is 5.73. The molecule has 1 atom stereocenters. The van der Waals surface area contributed by atoms with Gasteiger partial charge in [0.05, 0.1) is 11.9 Å². The van der Waals surface area contributed by atoms with E-state index in [1.54, 1.807) is 6.20 Å². The predicted molar refractivity (Wildman–Crippen MR) is 86.6 cm³/mol. The maximum absolute atomic E-state index is 4.65. The number of hydrogen-bond acceptors (Lipinski definition) is 5. The second-order valence-corrected chi connectivity index (χ2v) is 5.55.